The van der Waals surface area contributed by atoms with E-state index in [1.54, 1.807) is 4.90 Å². The minimum absolute atomic E-state index is 0.0664. The highest BCUT2D eigenvalue weighted by Gasteiger charge is 2.28. The van der Waals surface area contributed by atoms with Crippen molar-refractivity contribution in [1.82, 2.24) is 4.90 Å². The Labute approximate surface area is 125 Å². The Morgan fingerprint density at radius 2 is 2.10 bits per heavy atom. The van der Waals surface area contributed by atoms with Crippen molar-refractivity contribution in [2.75, 3.05) is 13.1 Å². The minimum atomic E-state index is -0.792. The number of likely N-dealkylation sites (tertiary alicyclic amines) is 1. The predicted molar refractivity (Wildman–Crippen MR) is 81.2 cm³/mol. The van der Waals surface area contributed by atoms with Crippen LogP contribution in [-0.4, -0.2) is 35.0 Å². The number of hydrogen-bond donors (Lipinski definition) is 1. The monoisotopic (exact) mass is 289 g/mol. The molecule has 1 N–H and O–H groups in total. The number of aryl methyl sites for hydroxylation is 1. The Balaban J connectivity index is 1.98. The van der Waals surface area contributed by atoms with Gasteiger partial charge in [0, 0.05) is 19.5 Å². The maximum Gasteiger partial charge on any atom is 0.308 e. The van der Waals surface area contributed by atoms with Crippen LogP contribution in [0.2, 0.25) is 0 Å². The molecule has 1 fully saturated rings. The zero-order valence-electron chi connectivity index (χ0n) is 12.7. The first-order valence-electron chi connectivity index (χ1n) is 7.55. The highest BCUT2D eigenvalue weighted by atomic mass is 16.4. The summed E-state index contributed by atoms with van der Waals surface area (Å²) in [5, 5.41) is 9.10. The van der Waals surface area contributed by atoms with Gasteiger partial charge in [-0.15, -0.1) is 0 Å². The predicted octanol–water partition coefficient (Wildman–Crippen LogP) is 2.81. The summed E-state index contributed by atoms with van der Waals surface area (Å²) in [5.74, 6) is -0.975. The van der Waals surface area contributed by atoms with E-state index in [4.69, 9.17) is 5.11 Å². The number of aliphatic carboxylic acids is 1. The molecule has 2 rings (SSSR count). The molecule has 21 heavy (non-hydrogen) atoms. The van der Waals surface area contributed by atoms with Crippen LogP contribution in [0, 0.1) is 12.8 Å². The third-order valence-electron chi connectivity index (χ3n) is 4.32. The lowest BCUT2D eigenvalue weighted by molar-refractivity contribution is -0.145. The van der Waals surface area contributed by atoms with Gasteiger partial charge in [-0.1, -0.05) is 31.2 Å². The first-order chi connectivity index (χ1) is 9.99. The molecule has 1 aliphatic heterocycles. The summed E-state index contributed by atoms with van der Waals surface area (Å²) >= 11 is 0. The van der Waals surface area contributed by atoms with Crippen LogP contribution in [0.3, 0.4) is 0 Å². The Hall–Kier alpha value is -1.84. The third kappa shape index (κ3) is 3.84. The van der Waals surface area contributed by atoms with Gasteiger partial charge in [-0.2, -0.15) is 0 Å². The molecule has 0 aromatic heterocycles. The number of nitrogens with zero attached hydrogens (tertiary/aromatic N) is 1. The van der Waals surface area contributed by atoms with Gasteiger partial charge in [0.15, 0.2) is 0 Å². The molecule has 1 aromatic carbocycles. The van der Waals surface area contributed by atoms with Gasteiger partial charge in [0.1, 0.15) is 0 Å². The lowest BCUT2D eigenvalue weighted by Crippen LogP contribution is -2.42. The van der Waals surface area contributed by atoms with E-state index in [0.29, 0.717) is 25.9 Å². The molecule has 0 radical (unpaired) electrons. The second-order valence-electron chi connectivity index (χ2n) is 5.98. The fraction of sp³-hybridized carbons (Fsp3) is 0.529. The van der Waals surface area contributed by atoms with E-state index in [0.717, 1.165) is 6.42 Å². The molecule has 0 bridgehead atoms. The van der Waals surface area contributed by atoms with E-state index in [2.05, 4.69) is 26.0 Å². The summed E-state index contributed by atoms with van der Waals surface area (Å²) in [6.07, 6.45) is 1.89. The number of carboxylic acid groups (broad SMARTS) is 1. The van der Waals surface area contributed by atoms with Gasteiger partial charge >= 0.3 is 5.97 Å². The first-order valence-corrected chi connectivity index (χ1v) is 7.55. The molecule has 4 nitrogen and oxygen atoms in total. The zero-order valence-corrected chi connectivity index (χ0v) is 12.7. The number of piperidine rings is 1. The van der Waals surface area contributed by atoms with E-state index in [1.807, 2.05) is 12.1 Å². The molecule has 1 amide bonds. The molecular formula is C17H23NO3. The molecular weight excluding hydrogens is 266 g/mol. The quantitative estimate of drug-likeness (QED) is 0.927. The van der Waals surface area contributed by atoms with E-state index < -0.39 is 11.9 Å². The van der Waals surface area contributed by atoms with Gasteiger partial charge in [0.25, 0.3) is 0 Å². The average molecular weight is 289 g/mol. The topological polar surface area (TPSA) is 57.6 Å². The molecule has 1 heterocycles. The molecule has 1 aromatic rings. The molecule has 114 valence electrons. The fourth-order valence-corrected chi connectivity index (χ4v) is 3.05. The SMILES string of the molecule is Cc1ccccc1C(C)CC(=O)N1CCC[C@H](C(=O)O)C1. The van der Waals surface area contributed by atoms with Crippen LogP contribution in [-0.2, 0) is 9.59 Å². The lowest BCUT2D eigenvalue weighted by Gasteiger charge is -2.31. The molecule has 1 unspecified atom stereocenters. The second-order valence-corrected chi connectivity index (χ2v) is 5.98. The van der Waals surface area contributed by atoms with Crippen LogP contribution in [0.25, 0.3) is 0 Å². The third-order valence-corrected chi connectivity index (χ3v) is 4.32. The average Bonchev–Trinajstić information content (AvgIpc) is 2.47. The van der Waals surface area contributed by atoms with Gasteiger partial charge in [-0.3, -0.25) is 9.59 Å². The van der Waals surface area contributed by atoms with Crippen molar-refractivity contribution < 1.29 is 14.7 Å². The number of carbonyl (C=O) groups is 2. The standard InChI is InChI=1S/C17H23NO3/c1-12-6-3-4-8-15(12)13(2)10-16(19)18-9-5-7-14(11-18)17(20)21/h3-4,6,8,13-14H,5,7,9-11H2,1-2H3,(H,20,21)/t13?,14-/m0/s1. The number of rotatable bonds is 4. The molecule has 0 saturated carbocycles. The van der Waals surface area contributed by atoms with Crippen molar-refractivity contribution in [1.29, 1.82) is 0 Å². The molecule has 0 aliphatic carbocycles. The normalized spacial score (nSPS) is 20.1. The van der Waals surface area contributed by atoms with Gasteiger partial charge in [0.05, 0.1) is 5.92 Å². The van der Waals surface area contributed by atoms with Crippen LogP contribution < -0.4 is 0 Å². The Bertz CT molecular complexity index is 527. The smallest absolute Gasteiger partial charge is 0.308 e. The highest BCUT2D eigenvalue weighted by Crippen LogP contribution is 2.25. The van der Waals surface area contributed by atoms with Crippen LogP contribution in [0.15, 0.2) is 24.3 Å². The number of hydrogen-bond acceptors (Lipinski definition) is 2. The summed E-state index contributed by atoms with van der Waals surface area (Å²) in [6.45, 7) is 5.15. The number of amides is 1. The van der Waals surface area contributed by atoms with Crippen LogP contribution in [0.1, 0.15) is 43.2 Å². The molecule has 0 spiro atoms. The molecule has 2 atom stereocenters. The van der Waals surface area contributed by atoms with E-state index in [9.17, 15) is 9.59 Å². The minimum Gasteiger partial charge on any atom is -0.481 e. The largest absolute Gasteiger partial charge is 0.481 e. The van der Waals surface area contributed by atoms with Crippen LogP contribution in [0.5, 0.6) is 0 Å². The first kappa shape index (κ1) is 15.5. The number of benzene rings is 1. The summed E-state index contributed by atoms with van der Waals surface area (Å²) < 4.78 is 0. The van der Waals surface area contributed by atoms with Crippen LogP contribution >= 0.6 is 0 Å². The van der Waals surface area contributed by atoms with Gasteiger partial charge in [0.2, 0.25) is 5.91 Å². The van der Waals surface area contributed by atoms with Crippen LogP contribution in [0.4, 0.5) is 0 Å². The molecule has 1 saturated heterocycles. The number of carboxylic acids is 1. The highest BCUT2D eigenvalue weighted by molar-refractivity contribution is 5.78. The lowest BCUT2D eigenvalue weighted by atomic mass is 9.92. The molecule has 1 aliphatic rings. The van der Waals surface area contributed by atoms with Crippen molar-refractivity contribution in [2.45, 2.75) is 39.0 Å². The second kappa shape index (κ2) is 6.74. The molecule has 4 heteroatoms. The van der Waals surface area contributed by atoms with Crippen molar-refractivity contribution in [3.8, 4) is 0 Å². The summed E-state index contributed by atoms with van der Waals surface area (Å²) in [4.78, 5) is 25.2. The van der Waals surface area contributed by atoms with E-state index >= 15 is 0 Å². The summed E-state index contributed by atoms with van der Waals surface area (Å²) in [5.41, 5.74) is 2.39. The maximum absolute atomic E-state index is 12.4. The van der Waals surface area contributed by atoms with Crippen molar-refractivity contribution in [3.63, 3.8) is 0 Å². The van der Waals surface area contributed by atoms with E-state index in [-0.39, 0.29) is 11.8 Å². The van der Waals surface area contributed by atoms with Gasteiger partial charge < -0.3 is 10.0 Å². The van der Waals surface area contributed by atoms with Crippen molar-refractivity contribution >= 4 is 11.9 Å². The number of carbonyl (C=O) groups excluding carboxylic acids is 1. The van der Waals surface area contributed by atoms with Gasteiger partial charge in [-0.05, 0) is 36.8 Å². The van der Waals surface area contributed by atoms with Gasteiger partial charge in [-0.25, -0.2) is 0 Å². The van der Waals surface area contributed by atoms with E-state index in [1.165, 1.54) is 11.1 Å². The Morgan fingerprint density at radius 1 is 1.38 bits per heavy atom. The summed E-state index contributed by atoms with van der Waals surface area (Å²) in [6, 6.07) is 8.10. The summed E-state index contributed by atoms with van der Waals surface area (Å²) in [7, 11) is 0. The fourth-order valence-electron chi connectivity index (χ4n) is 3.05. The Kier molecular flexibility index (Phi) is 4.99. The van der Waals surface area contributed by atoms with Crippen molar-refractivity contribution in [3.05, 3.63) is 35.4 Å². The zero-order chi connectivity index (χ0) is 15.4. The maximum atomic E-state index is 12.4. The van der Waals surface area contributed by atoms with Crippen molar-refractivity contribution in [2.24, 2.45) is 5.92 Å². The Morgan fingerprint density at radius 3 is 2.76 bits per heavy atom.